The van der Waals surface area contributed by atoms with Gasteiger partial charge in [0.2, 0.25) is 6.04 Å². The Kier molecular flexibility index (Phi) is 6.51. The molecule has 2 aromatic rings. The molecule has 0 N–H and O–H groups in total. The highest BCUT2D eigenvalue weighted by molar-refractivity contribution is 5.80. The van der Waals surface area contributed by atoms with Crippen LogP contribution in [-0.4, -0.2) is 31.4 Å². The Morgan fingerprint density at radius 1 is 1.04 bits per heavy atom. The molecule has 0 aliphatic heterocycles. The third-order valence-electron chi connectivity index (χ3n) is 4.01. The summed E-state index contributed by atoms with van der Waals surface area (Å²) >= 11 is 0. The van der Waals surface area contributed by atoms with Gasteiger partial charge < -0.3 is 9.47 Å². The zero-order valence-corrected chi connectivity index (χ0v) is 14.6. The van der Waals surface area contributed by atoms with E-state index in [-0.39, 0.29) is 4.92 Å². The Balaban J connectivity index is 2.32. The molecular weight excluding hydrogens is 320 g/mol. The van der Waals surface area contributed by atoms with E-state index in [0.29, 0.717) is 12.2 Å². The van der Waals surface area contributed by atoms with Crippen LogP contribution in [0.25, 0.3) is 0 Å². The Bertz CT molecular complexity index is 711. The van der Waals surface area contributed by atoms with Crippen molar-refractivity contribution in [2.75, 3.05) is 14.2 Å². The largest absolute Gasteiger partial charge is 0.497 e. The zero-order valence-electron chi connectivity index (χ0n) is 14.6. The van der Waals surface area contributed by atoms with Crippen LogP contribution in [0.5, 0.6) is 11.5 Å². The number of aliphatic imine (C=N–C) groups is 1. The van der Waals surface area contributed by atoms with Crippen LogP contribution >= 0.6 is 0 Å². The Hall–Kier alpha value is -2.89. The fraction of sp³-hybridized carbons (Fsp3) is 0.316. The average molecular weight is 342 g/mol. The van der Waals surface area contributed by atoms with E-state index >= 15 is 0 Å². The lowest BCUT2D eigenvalue weighted by Crippen LogP contribution is -2.26. The standard InChI is InChI=1S/C19H22N2O4/c1-4-18(21(22)23)19(15-7-11-17(25-3)12-8-15)20-13-14-5-9-16(24-2)10-6-14/h5-13,18-19H,4H2,1-3H3/t18-,19-/m0/s1. The van der Waals surface area contributed by atoms with E-state index in [1.54, 1.807) is 39.5 Å². The first kappa shape index (κ1) is 18.4. The summed E-state index contributed by atoms with van der Waals surface area (Å²) in [5.41, 5.74) is 1.65. The molecule has 0 saturated carbocycles. The summed E-state index contributed by atoms with van der Waals surface area (Å²) in [6.07, 6.45) is 2.06. The summed E-state index contributed by atoms with van der Waals surface area (Å²) in [6, 6.07) is 13.2. The first-order valence-electron chi connectivity index (χ1n) is 8.03. The SMILES string of the molecule is CC[C@@H]([C@@H](N=Cc1ccc(OC)cc1)c1ccc(OC)cc1)[N+](=O)[O-]. The van der Waals surface area contributed by atoms with Crippen molar-refractivity contribution in [2.45, 2.75) is 25.4 Å². The molecule has 0 amide bonds. The van der Waals surface area contributed by atoms with Gasteiger partial charge in [0.1, 0.15) is 17.5 Å². The highest BCUT2D eigenvalue weighted by Crippen LogP contribution is 2.27. The van der Waals surface area contributed by atoms with Gasteiger partial charge in [0.25, 0.3) is 0 Å². The Labute approximate surface area is 147 Å². The molecule has 0 aromatic heterocycles. The monoisotopic (exact) mass is 342 g/mol. The molecule has 132 valence electrons. The Morgan fingerprint density at radius 2 is 1.56 bits per heavy atom. The van der Waals surface area contributed by atoms with Gasteiger partial charge in [0, 0.05) is 17.6 Å². The molecule has 0 radical (unpaired) electrons. The highest BCUT2D eigenvalue weighted by Gasteiger charge is 2.30. The van der Waals surface area contributed by atoms with E-state index in [0.717, 1.165) is 16.9 Å². The first-order valence-corrected chi connectivity index (χ1v) is 8.03. The fourth-order valence-corrected chi connectivity index (χ4v) is 2.55. The number of ether oxygens (including phenoxy) is 2. The summed E-state index contributed by atoms with van der Waals surface area (Å²) in [5.74, 6) is 1.45. The van der Waals surface area contributed by atoms with Crippen LogP contribution in [0.3, 0.4) is 0 Å². The number of benzene rings is 2. The van der Waals surface area contributed by atoms with Crippen LogP contribution in [0, 0.1) is 10.1 Å². The van der Waals surface area contributed by atoms with Crippen LogP contribution in [-0.2, 0) is 0 Å². The number of nitrogens with zero attached hydrogens (tertiary/aromatic N) is 2. The minimum atomic E-state index is -0.789. The number of hydrogen-bond donors (Lipinski definition) is 0. The van der Waals surface area contributed by atoms with Gasteiger partial charge >= 0.3 is 0 Å². The lowest BCUT2D eigenvalue weighted by Gasteiger charge is -2.17. The van der Waals surface area contributed by atoms with Crippen molar-refractivity contribution in [3.63, 3.8) is 0 Å². The van der Waals surface area contributed by atoms with Gasteiger partial charge in [-0.2, -0.15) is 0 Å². The molecule has 0 spiro atoms. The molecule has 2 aromatic carbocycles. The van der Waals surface area contributed by atoms with Crippen molar-refractivity contribution in [2.24, 2.45) is 4.99 Å². The summed E-state index contributed by atoms with van der Waals surface area (Å²) < 4.78 is 10.3. The molecule has 6 heteroatoms. The molecule has 0 aliphatic rings. The first-order chi connectivity index (χ1) is 12.1. The molecular formula is C19H22N2O4. The number of nitro groups is 1. The predicted octanol–water partition coefficient (Wildman–Crippen LogP) is 3.92. The van der Waals surface area contributed by atoms with Crippen molar-refractivity contribution in [1.29, 1.82) is 0 Å². The van der Waals surface area contributed by atoms with Crippen molar-refractivity contribution in [3.05, 3.63) is 69.8 Å². The molecule has 0 aliphatic carbocycles. The van der Waals surface area contributed by atoms with Gasteiger partial charge in [0.05, 0.1) is 14.2 Å². The summed E-state index contributed by atoms with van der Waals surface area (Å²) in [6.45, 7) is 1.80. The van der Waals surface area contributed by atoms with Crippen molar-refractivity contribution in [3.8, 4) is 11.5 Å². The molecule has 6 nitrogen and oxygen atoms in total. The minimum absolute atomic E-state index is 0.264. The normalized spacial score (nSPS) is 13.4. The second-order valence-electron chi connectivity index (χ2n) is 5.53. The molecule has 0 bridgehead atoms. The fourth-order valence-electron chi connectivity index (χ4n) is 2.55. The van der Waals surface area contributed by atoms with Crippen LogP contribution in [0.15, 0.2) is 53.5 Å². The van der Waals surface area contributed by atoms with Crippen molar-refractivity contribution >= 4 is 6.21 Å². The topological polar surface area (TPSA) is 74.0 Å². The zero-order chi connectivity index (χ0) is 18.2. The predicted molar refractivity (Wildman–Crippen MR) is 97.4 cm³/mol. The van der Waals surface area contributed by atoms with E-state index < -0.39 is 12.1 Å². The summed E-state index contributed by atoms with van der Waals surface area (Å²) in [4.78, 5) is 15.7. The smallest absolute Gasteiger partial charge is 0.238 e. The second kappa shape index (κ2) is 8.82. The Morgan fingerprint density at radius 3 is 2.00 bits per heavy atom. The maximum absolute atomic E-state index is 11.5. The third-order valence-corrected chi connectivity index (χ3v) is 4.01. The summed E-state index contributed by atoms with van der Waals surface area (Å²) in [5, 5.41) is 11.5. The van der Waals surface area contributed by atoms with Crippen LogP contribution in [0.4, 0.5) is 0 Å². The molecule has 0 fully saturated rings. The molecule has 2 rings (SSSR count). The van der Waals surface area contributed by atoms with Crippen molar-refractivity contribution < 1.29 is 14.4 Å². The van der Waals surface area contributed by atoms with E-state index in [4.69, 9.17) is 9.47 Å². The quantitative estimate of drug-likeness (QED) is 0.414. The average Bonchev–Trinajstić information content (AvgIpc) is 2.65. The third kappa shape index (κ3) is 4.79. The van der Waals surface area contributed by atoms with Crippen LogP contribution in [0.2, 0.25) is 0 Å². The van der Waals surface area contributed by atoms with E-state index in [1.807, 2.05) is 36.4 Å². The highest BCUT2D eigenvalue weighted by atomic mass is 16.6. The van der Waals surface area contributed by atoms with Gasteiger partial charge in [-0.15, -0.1) is 0 Å². The molecule has 0 unspecified atom stereocenters. The van der Waals surface area contributed by atoms with Gasteiger partial charge in [-0.1, -0.05) is 19.1 Å². The minimum Gasteiger partial charge on any atom is -0.497 e. The summed E-state index contributed by atoms with van der Waals surface area (Å²) in [7, 11) is 3.19. The van der Waals surface area contributed by atoms with E-state index in [2.05, 4.69) is 4.99 Å². The van der Waals surface area contributed by atoms with Gasteiger partial charge in [-0.25, -0.2) is 0 Å². The number of rotatable bonds is 8. The van der Waals surface area contributed by atoms with E-state index in [1.165, 1.54) is 0 Å². The lowest BCUT2D eigenvalue weighted by molar-refractivity contribution is -0.527. The molecule has 0 heterocycles. The van der Waals surface area contributed by atoms with Gasteiger partial charge in [-0.3, -0.25) is 15.1 Å². The molecule has 2 atom stereocenters. The van der Waals surface area contributed by atoms with Gasteiger partial charge in [-0.05, 0) is 47.5 Å². The molecule has 25 heavy (non-hydrogen) atoms. The second-order valence-corrected chi connectivity index (χ2v) is 5.53. The van der Waals surface area contributed by atoms with Gasteiger partial charge in [0.15, 0.2) is 0 Å². The number of methoxy groups -OCH3 is 2. The van der Waals surface area contributed by atoms with E-state index in [9.17, 15) is 10.1 Å². The molecule has 0 saturated heterocycles. The number of hydrogen-bond acceptors (Lipinski definition) is 5. The van der Waals surface area contributed by atoms with Crippen LogP contribution < -0.4 is 9.47 Å². The van der Waals surface area contributed by atoms with Crippen molar-refractivity contribution in [1.82, 2.24) is 0 Å². The maximum Gasteiger partial charge on any atom is 0.238 e. The lowest BCUT2D eigenvalue weighted by atomic mass is 9.98. The maximum atomic E-state index is 11.5. The van der Waals surface area contributed by atoms with Crippen LogP contribution in [0.1, 0.15) is 30.5 Å².